The minimum Gasteiger partial charge on any atom is -0.371 e. The maximum absolute atomic E-state index is 12.5. The average molecular weight is 245 g/mol. The molecule has 0 bridgehead atoms. The standard InChI is InChI=1S/C12H14F3NO/c1-8-7-17-11(6-16-8)9-3-2-4-10(5-9)12(13,14)15/h2-5,8,11,16H,6-7H2,1H3/t8-,11?/m0/s1. The number of hydrogen-bond donors (Lipinski definition) is 1. The SMILES string of the molecule is C[C@H]1COC(c2cccc(C(F)(F)F)c2)CN1. The van der Waals surface area contributed by atoms with Crippen LogP contribution in [0.15, 0.2) is 24.3 Å². The van der Waals surface area contributed by atoms with Gasteiger partial charge in [0.25, 0.3) is 0 Å². The second kappa shape index (κ2) is 4.66. The van der Waals surface area contributed by atoms with Crippen molar-refractivity contribution in [2.75, 3.05) is 13.2 Å². The highest BCUT2D eigenvalue weighted by atomic mass is 19.4. The minimum absolute atomic E-state index is 0.247. The molecule has 1 N–H and O–H groups in total. The Hall–Kier alpha value is -1.07. The lowest BCUT2D eigenvalue weighted by atomic mass is 10.0. The second-order valence-electron chi connectivity index (χ2n) is 4.25. The predicted molar refractivity (Wildman–Crippen MR) is 57.6 cm³/mol. The van der Waals surface area contributed by atoms with E-state index in [0.29, 0.717) is 18.7 Å². The van der Waals surface area contributed by atoms with Crippen molar-refractivity contribution in [3.63, 3.8) is 0 Å². The molecule has 1 aliphatic rings. The summed E-state index contributed by atoms with van der Waals surface area (Å²) in [5.74, 6) is 0. The second-order valence-corrected chi connectivity index (χ2v) is 4.25. The van der Waals surface area contributed by atoms with Gasteiger partial charge in [0.1, 0.15) is 0 Å². The van der Waals surface area contributed by atoms with Crippen LogP contribution in [-0.2, 0) is 10.9 Å². The van der Waals surface area contributed by atoms with Crippen LogP contribution in [0.5, 0.6) is 0 Å². The number of ether oxygens (including phenoxy) is 1. The number of halogens is 3. The first-order chi connectivity index (χ1) is 7.97. The highest BCUT2D eigenvalue weighted by Crippen LogP contribution is 2.31. The Bertz CT molecular complexity index is 384. The Labute approximate surface area is 97.8 Å². The van der Waals surface area contributed by atoms with Crippen molar-refractivity contribution < 1.29 is 17.9 Å². The van der Waals surface area contributed by atoms with Gasteiger partial charge in [0.2, 0.25) is 0 Å². The van der Waals surface area contributed by atoms with Crippen LogP contribution in [0, 0.1) is 0 Å². The molecule has 0 amide bonds. The molecule has 2 atom stereocenters. The monoisotopic (exact) mass is 245 g/mol. The maximum atomic E-state index is 12.5. The van der Waals surface area contributed by atoms with Crippen LogP contribution in [0.25, 0.3) is 0 Å². The first kappa shape index (κ1) is 12.4. The summed E-state index contributed by atoms with van der Waals surface area (Å²) < 4.78 is 43.1. The predicted octanol–water partition coefficient (Wildman–Crippen LogP) is 2.75. The molecule has 0 aliphatic carbocycles. The molecular formula is C12H14F3NO. The van der Waals surface area contributed by atoms with Crippen LogP contribution in [0.3, 0.4) is 0 Å². The van der Waals surface area contributed by atoms with Crippen LogP contribution in [0.1, 0.15) is 24.2 Å². The van der Waals surface area contributed by atoms with Crippen LogP contribution in [0.2, 0.25) is 0 Å². The van der Waals surface area contributed by atoms with Gasteiger partial charge in [-0.3, -0.25) is 0 Å². The van der Waals surface area contributed by atoms with Gasteiger partial charge in [-0.2, -0.15) is 13.2 Å². The lowest BCUT2D eigenvalue weighted by molar-refractivity contribution is -0.137. The number of rotatable bonds is 1. The first-order valence-electron chi connectivity index (χ1n) is 5.49. The zero-order valence-electron chi connectivity index (χ0n) is 9.42. The molecule has 1 aliphatic heterocycles. The summed E-state index contributed by atoms with van der Waals surface area (Å²) in [7, 11) is 0. The molecule has 1 unspecified atom stereocenters. The van der Waals surface area contributed by atoms with Crippen molar-refractivity contribution >= 4 is 0 Å². The summed E-state index contributed by atoms with van der Waals surface area (Å²) in [4.78, 5) is 0. The molecule has 1 fully saturated rings. The van der Waals surface area contributed by atoms with Crippen LogP contribution in [-0.4, -0.2) is 19.2 Å². The number of morpholine rings is 1. The highest BCUT2D eigenvalue weighted by Gasteiger charge is 2.31. The van der Waals surface area contributed by atoms with Crippen molar-refractivity contribution in [1.82, 2.24) is 5.32 Å². The van der Waals surface area contributed by atoms with E-state index in [9.17, 15) is 13.2 Å². The largest absolute Gasteiger partial charge is 0.416 e. The summed E-state index contributed by atoms with van der Waals surface area (Å²) >= 11 is 0. The van der Waals surface area contributed by atoms with Gasteiger partial charge in [0, 0.05) is 12.6 Å². The molecule has 17 heavy (non-hydrogen) atoms. The van der Waals surface area contributed by atoms with E-state index in [1.54, 1.807) is 6.07 Å². The topological polar surface area (TPSA) is 21.3 Å². The normalized spacial score (nSPS) is 25.9. The Balaban J connectivity index is 2.16. The molecule has 1 saturated heterocycles. The number of benzene rings is 1. The fourth-order valence-corrected chi connectivity index (χ4v) is 1.82. The fraction of sp³-hybridized carbons (Fsp3) is 0.500. The first-order valence-corrected chi connectivity index (χ1v) is 5.49. The Morgan fingerprint density at radius 2 is 2.12 bits per heavy atom. The van der Waals surface area contributed by atoms with E-state index in [4.69, 9.17) is 4.74 Å². The molecule has 0 spiro atoms. The van der Waals surface area contributed by atoms with Gasteiger partial charge in [0.15, 0.2) is 0 Å². The third-order valence-corrected chi connectivity index (χ3v) is 2.78. The van der Waals surface area contributed by atoms with Crippen LogP contribution < -0.4 is 5.32 Å². The fourth-order valence-electron chi connectivity index (χ4n) is 1.82. The summed E-state index contributed by atoms with van der Waals surface area (Å²) in [6, 6.07) is 5.55. The van der Waals surface area contributed by atoms with Crippen LogP contribution in [0.4, 0.5) is 13.2 Å². The zero-order valence-corrected chi connectivity index (χ0v) is 9.42. The van der Waals surface area contributed by atoms with Gasteiger partial charge >= 0.3 is 6.18 Å². The smallest absolute Gasteiger partial charge is 0.371 e. The Morgan fingerprint density at radius 3 is 2.71 bits per heavy atom. The lowest BCUT2D eigenvalue weighted by Gasteiger charge is -2.28. The number of nitrogens with one attached hydrogen (secondary N) is 1. The van der Waals surface area contributed by atoms with E-state index in [-0.39, 0.29) is 12.1 Å². The molecule has 0 radical (unpaired) electrons. The zero-order chi connectivity index (χ0) is 12.5. The highest BCUT2D eigenvalue weighted by molar-refractivity contribution is 5.27. The summed E-state index contributed by atoms with van der Waals surface area (Å²) in [6.45, 7) is 3.03. The molecule has 94 valence electrons. The Morgan fingerprint density at radius 1 is 1.35 bits per heavy atom. The summed E-state index contributed by atoms with van der Waals surface area (Å²) in [6.07, 6.45) is -4.60. The van der Waals surface area contributed by atoms with E-state index in [2.05, 4.69) is 5.32 Å². The van der Waals surface area contributed by atoms with Gasteiger partial charge in [-0.1, -0.05) is 12.1 Å². The molecule has 1 aromatic rings. The molecule has 1 aromatic carbocycles. The lowest BCUT2D eigenvalue weighted by Crippen LogP contribution is -2.40. The van der Waals surface area contributed by atoms with Gasteiger partial charge in [-0.25, -0.2) is 0 Å². The average Bonchev–Trinajstić information content (AvgIpc) is 2.29. The molecule has 1 heterocycles. The van der Waals surface area contributed by atoms with Crippen molar-refractivity contribution in [3.05, 3.63) is 35.4 Å². The van der Waals surface area contributed by atoms with Gasteiger partial charge in [0.05, 0.1) is 18.3 Å². The van der Waals surface area contributed by atoms with E-state index in [0.717, 1.165) is 12.1 Å². The van der Waals surface area contributed by atoms with Crippen LogP contribution >= 0.6 is 0 Å². The van der Waals surface area contributed by atoms with Crippen molar-refractivity contribution in [1.29, 1.82) is 0 Å². The summed E-state index contributed by atoms with van der Waals surface area (Å²) in [5, 5.41) is 3.18. The van der Waals surface area contributed by atoms with Gasteiger partial charge in [-0.05, 0) is 24.6 Å². The number of hydrogen-bond acceptors (Lipinski definition) is 2. The molecule has 2 nitrogen and oxygen atoms in total. The minimum atomic E-state index is -4.30. The van der Waals surface area contributed by atoms with Crippen molar-refractivity contribution in [3.8, 4) is 0 Å². The summed E-state index contributed by atoms with van der Waals surface area (Å²) in [5.41, 5.74) is -0.0588. The molecule has 0 saturated carbocycles. The Kier molecular flexibility index (Phi) is 3.40. The molecular weight excluding hydrogens is 231 g/mol. The van der Waals surface area contributed by atoms with Crippen molar-refractivity contribution in [2.24, 2.45) is 0 Å². The third kappa shape index (κ3) is 2.98. The molecule has 2 rings (SSSR count). The number of alkyl halides is 3. The quantitative estimate of drug-likeness (QED) is 0.821. The van der Waals surface area contributed by atoms with E-state index >= 15 is 0 Å². The van der Waals surface area contributed by atoms with Crippen molar-refractivity contribution in [2.45, 2.75) is 25.2 Å². The van der Waals surface area contributed by atoms with E-state index in [1.807, 2.05) is 6.92 Å². The van der Waals surface area contributed by atoms with E-state index in [1.165, 1.54) is 6.07 Å². The van der Waals surface area contributed by atoms with Gasteiger partial charge < -0.3 is 10.1 Å². The molecule has 5 heteroatoms. The van der Waals surface area contributed by atoms with E-state index < -0.39 is 11.7 Å². The molecule has 0 aromatic heterocycles. The van der Waals surface area contributed by atoms with Gasteiger partial charge in [-0.15, -0.1) is 0 Å². The third-order valence-electron chi connectivity index (χ3n) is 2.78. The maximum Gasteiger partial charge on any atom is 0.416 e.